The van der Waals surface area contributed by atoms with E-state index in [-0.39, 0.29) is 0 Å². The zero-order chi connectivity index (χ0) is 22.8. The SMILES string of the molecule is N#C/C=C/CCC1CCC(C2CCC(CCCCc3ccc(C(F)(F)F)cc3)CC2)CC1. The van der Waals surface area contributed by atoms with Gasteiger partial charge in [0.25, 0.3) is 0 Å². The Morgan fingerprint density at radius 2 is 1.38 bits per heavy atom. The van der Waals surface area contributed by atoms with E-state index < -0.39 is 11.7 Å². The van der Waals surface area contributed by atoms with Crippen molar-refractivity contribution in [3.63, 3.8) is 0 Å². The average molecular weight is 446 g/mol. The van der Waals surface area contributed by atoms with Crippen molar-refractivity contribution >= 4 is 0 Å². The third-order valence-corrected chi connectivity index (χ3v) is 7.99. The first kappa shape index (κ1) is 24.9. The highest BCUT2D eigenvalue weighted by molar-refractivity contribution is 5.24. The van der Waals surface area contributed by atoms with Crippen molar-refractivity contribution in [2.24, 2.45) is 23.7 Å². The fraction of sp³-hybridized carbons (Fsp3) is 0.679. The van der Waals surface area contributed by atoms with Gasteiger partial charge in [-0.05, 0) is 92.7 Å². The highest BCUT2D eigenvalue weighted by Crippen LogP contribution is 2.43. The number of halogens is 3. The highest BCUT2D eigenvalue weighted by Gasteiger charge is 2.31. The first-order valence-electron chi connectivity index (χ1n) is 12.7. The van der Waals surface area contributed by atoms with Gasteiger partial charge in [-0.1, -0.05) is 56.7 Å². The van der Waals surface area contributed by atoms with Gasteiger partial charge in [-0.25, -0.2) is 0 Å². The maximum absolute atomic E-state index is 12.7. The predicted octanol–water partition coefficient (Wildman–Crippen LogP) is 8.89. The number of alkyl halides is 3. The molecule has 0 amide bonds. The Morgan fingerprint density at radius 3 is 1.91 bits per heavy atom. The topological polar surface area (TPSA) is 23.8 Å². The van der Waals surface area contributed by atoms with Crippen LogP contribution in [-0.2, 0) is 12.6 Å². The second-order valence-electron chi connectivity index (χ2n) is 10.1. The van der Waals surface area contributed by atoms with Gasteiger partial charge in [-0.15, -0.1) is 0 Å². The number of allylic oxidation sites excluding steroid dienone is 2. The molecule has 2 aliphatic carbocycles. The lowest BCUT2D eigenvalue weighted by Gasteiger charge is -2.38. The monoisotopic (exact) mass is 445 g/mol. The summed E-state index contributed by atoms with van der Waals surface area (Å²) in [6.45, 7) is 0. The van der Waals surface area contributed by atoms with Crippen LogP contribution in [-0.4, -0.2) is 0 Å². The second kappa shape index (κ2) is 12.5. The molecule has 1 aromatic carbocycles. The number of nitriles is 1. The molecule has 0 saturated heterocycles. The van der Waals surface area contributed by atoms with Crippen LogP contribution in [0.2, 0.25) is 0 Å². The smallest absolute Gasteiger partial charge is 0.193 e. The van der Waals surface area contributed by atoms with E-state index in [2.05, 4.69) is 6.07 Å². The molecule has 2 saturated carbocycles. The van der Waals surface area contributed by atoms with Gasteiger partial charge in [0.05, 0.1) is 11.6 Å². The van der Waals surface area contributed by atoms with Crippen molar-refractivity contribution in [1.29, 1.82) is 5.26 Å². The number of nitrogens with zero attached hydrogens (tertiary/aromatic N) is 1. The van der Waals surface area contributed by atoms with E-state index in [9.17, 15) is 13.2 Å². The molecule has 0 aromatic heterocycles. The zero-order valence-electron chi connectivity index (χ0n) is 19.3. The van der Waals surface area contributed by atoms with Gasteiger partial charge in [-0.3, -0.25) is 0 Å². The number of hydrogen-bond acceptors (Lipinski definition) is 1. The molecule has 0 atom stereocenters. The van der Waals surface area contributed by atoms with Crippen molar-refractivity contribution in [1.82, 2.24) is 0 Å². The zero-order valence-corrected chi connectivity index (χ0v) is 19.3. The van der Waals surface area contributed by atoms with Gasteiger partial charge in [0.2, 0.25) is 0 Å². The molecular weight excluding hydrogens is 407 g/mol. The maximum atomic E-state index is 12.7. The molecule has 0 spiro atoms. The quantitative estimate of drug-likeness (QED) is 0.275. The van der Waals surface area contributed by atoms with Crippen LogP contribution in [0.4, 0.5) is 13.2 Å². The van der Waals surface area contributed by atoms with Crippen molar-refractivity contribution in [2.45, 2.75) is 96.1 Å². The highest BCUT2D eigenvalue weighted by atomic mass is 19.4. The van der Waals surface area contributed by atoms with E-state index >= 15 is 0 Å². The third-order valence-electron chi connectivity index (χ3n) is 7.99. The fourth-order valence-corrected chi connectivity index (χ4v) is 5.99. The molecule has 0 radical (unpaired) electrons. The Labute approximate surface area is 192 Å². The van der Waals surface area contributed by atoms with Gasteiger partial charge < -0.3 is 0 Å². The van der Waals surface area contributed by atoms with Crippen LogP contribution in [0, 0.1) is 35.0 Å². The Kier molecular flexibility index (Phi) is 9.69. The Hall–Kier alpha value is -1.76. The van der Waals surface area contributed by atoms with Gasteiger partial charge in [0.1, 0.15) is 0 Å². The van der Waals surface area contributed by atoms with Crippen LogP contribution in [0.5, 0.6) is 0 Å². The van der Waals surface area contributed by atoms with Gasteiger partial charge in [0, 0.05) is 6.08 Å². The van der Waals surface area contributed by atoms with E-state index in [1.54, 1.807) is 18.2 Å². The number of unbranched alkanes of at least 4 members (excludes halogenated alkanes) is 1. The largest absolute Gasteiger partial charge is 0.416 e. The molecule has 1 aromatic rings. The first-order chi connectivity index (χ1) is 15.5. The molecule has 0 unspecified atom stereocenters. The van der Waals surface area contributed by atoms with Crippen LogP contribution in [0.15, 0.2) is 36.4 Å². The third kappa shape index (κ3) is 7.98. The van der Waals surface area contributed by atoms with Crippen molar-refractivity contribution < 1.29 is 13.2 Å². The van der Waals surface area contributed by atoms with Crippen molar-refractivity contribution in [2.75, 3.05) is 0 Å². The number of benzene rings is 1. The first-order valence-corrected chi connectivity index (χ1v) is 12.7. The summed E-state index contributed by atoms with van der Waals surface area (Å²) in [4.78, 5) is 0. The molecule has 4 heteroatoms. The second-order valence-corrected chi connectivity index (χ2v) is 10.1. The summed E-state index contributed by atoms with van der Waals surface area (Å²) < 4.78 is 38.0. The summed E-state index contributed by atoms with van der Waals surface area (Å²) in [6.07, 6.45) is 17.1. The minimum atomic E-state index is -4.24. The van der Waals surface area contributed by atoms with Gasteiger partial charge in [-0.2, -0.15) is 18.4 Å². The van der Waals surface area contributed by atoms with E-state index in [4.69, 9.17) is 5.26 Å². The Morgan fingerprint density at radius 1 is 0.812 bits per heavy atom. The minimum Gasteiger partial charge on any atom is -0.193 e. The van der Waals surface area contributed by atoms with Crippen LogP contribution >= 0.6 is 0 Å². The molecule has 176 valence electrons. The molecular formula is C28H38F3N. The summed E-state index contributed by atoms with van der Waals surface area (Å²) in [6, 6.07) is 7.74. The van der Waals surface area contributed by atoms with Crippen LogP contribution < -0.4 is 0 Å². The number of hydrogen-bond donors (Lipinski definition) is 0. The summed E-state index contributed by atoms with van der Waals surface area (Å²) in [5, 5.41) is 8.57. The Bertz CT molecular complexity index is 727. The summed E-state index contributed by atoms with van der Waals surface area (Å²) in [7, 11) is 0. The molecule has 0 bridgehead atoms. The molecule has 2 aliphatic rings. The van der Waals surface area contributed by atoms with Crippen molar-refractivity contribution in [3.05, 3.63) is 47.5 Å². The summed E-state index contributed by atoms with van der Waals surface area (Å²) >= 11 is 0. The van der Waals surface area contributed by atoms with Crippen LogP contribution in [0.1, 0.15) is 94.6 Å². The van der Waals surface area contributed by atoms with E-state index in [0.717, 1.165) is 48.5 Å². The lowest BCUT2D eigenvalue weighted by Crippen LogP contribution is -2.25. The van der Waals surface area contributed by atoms with Gasteiger partial charge >= 0.3 is 6.18 Å². The van der Waals surface area contributed by atoms with E-state index in [0.29, 0.717) is 0 Å². The molecule has 0 N–H and O–H groups in total. The fourth-order valence-electron chi connectivity index (χ4n) is 5.99. The standard InChI is InChI=1S/C28H38F3N/c29-28(30,31)27-19-13-24(14-20-27)8-4-3-7-23-11-17-26(18-12-23)25-15-9-22(10-16-25)6-2-1-5-21-32/h1,5,13-14,19-20,22-23,25-26H,2-4,6-12,15-18H2/b5-1+. The molecule has 0 aliphatic heterocycles. The lowest BCUT2D eigenvalue weighted by atomic mass is 9.68. The summed E-state index contributed by atoms with van der Waals surface area (Å²) in [5.74, 6) is 3.57. The predicted molar refractivity (Wildman–Crippen MR) is 124 cm³/mol. The van der Waals surface area contributed by atoms with Crippen LogP contribution in [0.25, 0.3) is 0 Å². The minimum absolute atomic E-state index is 0.556. The molecule has 0 heterocycles. The molecule has 32 heavy (non-hydrogen) atoms. The van der Waals surface area contributed by atoms with Crippen molar-refractivity contribution in [3.8, 4) is 6.07 Å². The van der Waals surface area contributed by atoms with Gasteiger partial charge in [0.15, 0.2) is 0 Å². The van der Waals surface area contributed by atoms with E-state index in [1.807, 2.05) is 6.08 Å². The number of aryl methyl sites for hydroxylation is 1. The maximum Gasteiger partial charge on any atom is 0.416 e. The van der Waals surface area contributed by atoms with E-state index in [1.165, 1.54) is 82.8 Å². The molecule has 3 rings (SSSR count). The molecule has 2 fully saturated rings. The number of rotatable bonds is 9. The normalized spacial score (nSPS) is 26.8. The average Bonchev–Trinajstić information content (AvgIpc) is 2.80. The van der Waals surface area contributed by atoms with Crippen LogP contribution in [0.3, 0.4) is 0 Å². The lowest BCUT2D eigenvalue weighted by molar-refractivity contribution is -0.137. The molecule has 1 nitrogen and oxygen atoms in total. The Balaban J connectivity index is 1.26. The summed E-state index contributed by atoms with van der Waals surface area (Å²) in [5.41, 5.74) is 0.456.